The normalized spacial score (nSPS) is 12.5. The summed E-state index contributed by atoms with van der Waals surface area (Å²) in [5.74, 6) is -2.85. The maximum absolute atomic E-state index is 13.2. The largest absolute Gasteiger partial charge is 0.481 e. The lowest BCUT2D eigenvalue weighted by atomic mass is 9.79. The van der Waals surface area contributed by atoms with Crippen molar-refractivity contribution in [2.24, 2.45) is 11.3 Å². The molecule has 0 spiro atoms. The molecule has 0 bridgehead atoms. The molecule has 0 aliphatic rings. The van der Waals surface area contributed by atoms with Crippen molar-refractivity contribution in [1.82, 2.24) is 4.90 Å². The zero-order chi connectivity index (χ0) is 46.5. The third-order valence-electron chi connectivity index (χ3n) is 11.7. The van der Waals surface area contributed by atoms with E-state index in [9.17, 15) is 24.3 Å². The summed E-state index contributed by atoms with van der Waals surface area (Å²) in [6.45, 7) is 6.91. The van der Waals surface area contributed by atoms with Crippen LogP contribution in [0, 0.1) is 11.3 Å². The summed E-state index contributed by atoms with van der Waals surface area (Å²) in [5, 5.41) is 10.5. The SMILES string of the molecule is CCCC/C=C\CCCCCCCC(=O)OCC(COC(=O)CCCCCCC/C=C\CCCC)(COC(=O)CCCCN(C)C)CC(CCCCCC/C=C\CCCC)C(=O)O. The molecule has 0 saturated heterocycles. The van der Waals surface area contributed by atoms with Crippen molar-refractivity contribution < 1.29 is 38.5 Å². The number of rotatable bonds is 46. The molecule has 0 heterocycles. The van der Waals surface area contributed by atoms with Gasteiger partial charge in [-0.2, -0.15) is 0 Å². The average Bonchev–Trinajstić information content (AvgIpc) is 3.26. The number of carbonyl (C=O) groups is 4. The first-order valence-corrected chi connectivity index (χ1v) is 25.9. The molecule has 0 fully saturated rings. The van der Waals surface area contributed by atoms with Crippen molar-refractivity contribution in [3.05, 3.63) is 36.5 Å². The smallest absolute Gasteiger partial charge is 0.306 e. The van der Waals surface area contributed by atoms with Crippen LogP contribution in [0.25, 0.3) is 0 Å². The lowest BCUT2D eigenvalue weighted by Crippen LogP contribution is -2.42. The van der Waals surface area contributed by atoms with E-state index in [4.69, 9.17) is 14.2 Å². The Morgan fingerprint density at radius 2 is 0.778 bits per heavy atom. The number of nitrogens with zero attached hydrogens (tertiary/aromatic N) is 1. The summed E-state index contributed by atoms with van der Waals surface area (Å²) < 4.78 is 17.7. The van der Waals surface area contributed by atoms with Gasteiger partial charge in [0, 0.05) is 19.3 Å². The van der Waals surface area contributed by atoms with Crippen LogP contribution in [0.4, 0.5) is 0 Å². The zero-order valence-electron chi connectivity index (χ0n) is 41.5. The highest BCUT2D eigenvalue weighted by atomic mass is 16.6. The first-order chi connectivity index (χ1) is 30.6. The molecule has 9 heteroatoms. The van der Waals surface area contributed by atoms with Gasteiger partial charge in [-0.1, -0.05) is 154 Å². The average molecular weight is 888 g/mol. The van der Waals surface area contributed by atoms with Gasteiger partial charge in [-0.3, -0.25) is 19.2 Å². The maximum Gasteiger partial charge on any atom is 0.306 e. The van der Waals surface area contributed by atoms with Crippen LogP contribution in [0.1, 0.15) is 233 Å². The topological polar surface area (TPSA) is 119 Å². The van der Waals surface area contributed by atoms with Gasteiger partial charge in [-0.05, 0) is 117 Å². The predicted octanol–water partition coefficient (Wildman–Crippen LogP) is 14.5. The van der Waals surface area contributed by atoms with Crippen LogP contribution in [-0.4, -0.2) is 74.3 Å². The number of hydrogen-bond acceptors (Lipinski definition) is 8. The van der Waals surface area contributed by atoms with Crippen LogP contribution in [0.5, 0.6) is 0 Å². The van der Waals surface area contributed by atoms with Crippen LogP contribution >= 0.6 is 0 Å². The summed E-state index contributed by atoms with van der Waals surface area (Å²) in [6.07, 6.45) is 43.9. The molecule has 0 aliphatic carbocycles. The van der Waals surface area contributed by atoms with E-state index >= 15 is 0 Å². The summed E-state index contributed by atoms with van der Waals surface area (Å²) >= 11 is 0. The van der Waals surface area contributed by atoms with Gasteiger partial charge in [0.1, 0.15) is 19.8 Å². The maximum atomic E-state index is 13.2. The van der Waals surface area contributed by atoms with Crippen LogP contribution in [0.15, 0.2) is 36.5 Å². The Hall–Kier alpha value is -2.94. The second-order valence-electron chi connectivity index (χ2n) is 18.4. The van der Waals surface area contributed by atoms with E-state index in [1.807, 2.05) is 14.1 Å². The molecular formula is C54H97NO8. The number of carboxylic acid groups (broad SMARTS) is 1. The Morgan fingerprint density at radius 3 is 1.13 bits per heavy atom. The highest BCUT2D eigenvalue weighted by molar-refractivity contribution is 5.71. The fourth-order valence-corrected chi connectivity index (χ4v) is 7.56. The molecule has 1 unspecified atom stereocenters. The molecule has 1 N–H and O–H groups in total. The van der Waals surface area contributed by atoms with Crippen LogP contribution in [0.2, 0.25) is 0 Å². The molecule has 366 valence electrons. The number of hydrogen-bond donors (Lipinski definition) is 1. The van der Waals surface area contributed by atoms with E-state index in [1.54, 1.807) is 0 Å². The molecule has 0 saturated carbocycles. The Bertz CT molecular complexity index is 1150. The van der Waals surface area contributed by atoms with E-state index in [0.717, 1.165) is 129 Å². The minimum Gasteiger partial charge on any atom is -0.481 e. The van der Waals surface area contributed by atoms with Gasteiger partial charge in [0.2, 0.25) is 0 Å². The molecule has 0 aromatic rings. The van der Waals surface area contributed by atoms with Crippen molar-refractivity contribution in [3.63, 3.8) is 0 Å². The number of esters is 3. The quantitative estimate of drug-likeness (QED) is 0.0276. The molecule has 63 heavy (non-hydrogen) atoms. The van der Waals surface area contributed by atoms with Gasteiger partial charge in [-0.25, -0.2) is 0 Å². The molecular weight excluding hydrogens is 791 g/mol. The number of allylic oxidation sites excluding steroid dienone is 6. The van der Waals surface area contributed by atoms with Gasteiger partial charge in [-0.15, -0.1) is 0 Å². The summed E-state index contributed by atoms with van der Waals surface area (Å²) in [4.78, 5) is 54.4. The lowest BCUT2D eigenvalue weighted by Gasteiger charge is -2.34. The third kappa shape index (κ3) is 40.3. The molecule has 0 aliphatic heterocycles. The minimum atomic E-state index is -1.19. The van der Waals surface area contributed by atoms with Gasteiger partial charge >= 0.3 is 23.9 Å². The summed E-state index contributed by atoms with van der Waals surface area (Å²) in [5.41, 5.74) is -1.19. The van der Waals surface area contributed by atoms with Crippen molar-refractivity contribution >= 4 is 23.9 Å². The van der Waals surface area contributed by atoms with Crippen LogP contribution < -0.4 is 0 Å². The van der Waals surface area contributed by atoms with E-state index in [-0.39, 0.29) is 63.4 Å². The fourth-order valence-electron chi connectivity index (χ4n) is 7.56. The van der Waals surface area contributed by atoms with Gasteiger partial charge in [0.25, 0.3) is 0 Å². The Balaban J connectivity index is 5.71. The van der Waals surface area contributed by atoms with Gasteiger partial charge in [0.15, 0.2) is 0 Å². The van der Waals surface area contributed by atoms with Gasteiger partial charge in [0.05, 0.1) is 11.3 Å². The molecule has 0 aromatic heterocycles. The van der Waals surface area contributed by atoms with E-state index in [1.165, 1.54) is 38.5 Å². The lowest BCUT2D eigenvalue weighted by molar-refractivity contribution is -0.165. The van der Waals surface area contributed by atoms with Gasteiger partial charge < -0.3 is 24.2 Å². The summed E-state index contributed by atoms with van der Waals surface area (Å²) in [7, 11) is 3.98. The highest BCUT2D eigenvalue weighted by Crippen LogP contribution is 2.33. The first kappa shape index (κ1) is 60.1. The number of carboxylic acids is 1. The van der Waals surface area contributed by atoms with Crippen molar-refractivity contribution in [2.75, 3.05) is 40.5 Å². The molecule has 0 amide bonds. The Morgan fingerprint density at radius 1 is 0.460 bits per heavy atom. The van der Waals surface area contributed by atoms with E-state index in [2.05, 4.69) is 62.1 Å². The second kappa shape index (κ2) is 44.3. The van der Waals surface area contributed by atoms with Crippen LogP contribution in [-0.2, 0) is 33.4 Å². The van der Waals surface area contributed by atoms with Crippen molar-refractivity contribution in [1.29, 1.82) is 0 Å². The number of ether oxygens (including phenoxy) is 3. The monoisotopic (exact) mass is 888 g/mol. The second-order valence-corrected chi connectivity index (χ2v) is 18.4. The summed E-state index contributed by atoms with van der Waals surface area (Å²) in [6, 6.07) is 0. The molecule has 0 radical (unpaired) electrons. The number of aliphatic carboxylic acids is 1. The fraction of sp³-hybridized carbons (Fsp3) is 0.815. The van der Waals surface area contributed by atoms with E-state index < -0.39 is 17.3 Å². The molecule has 1 atom stereocenters. The van der Waals surface area contributed by atoms with Crippen molar-refractivity contribution in [2.45, 2.75) is 233 Å². The van der Waals surface area contributed by atoms with Crippen molar-refractivity contribution in [3.8, 4) is 0 Å². The molecule has 9 nitrogen and oxygen atoms in total. The number of carbonyl (C=O) groups excluding carboxylic acids is 3. The standard InChI is InChI=1S/C54H97NO8/c1-6-9-12-15-18-21-24-27-30-33-36-41-50(56)61-46-54(48-63-52(58)43-38-39-44-55(4)5,45-49(53(59)60)40-35-32-29-26-23-20-17-14-11-8-3)47-62-51(57)42-37-34-31-28-25-22-19-16-13-10-7-2/h15-20,49H,6-14,21-48H2,1-5H3,(H,59,60)/b18-15-,19-16-,20-17-. The highest BCUT2D eigenvalue weighted by Gasteiger charge is 2.40. The zero-order valence-corrected chi connectivity index (χ0v) is 41.5. The third-order valence-corrected chi connectivity index (χ3v) is 11.7. The molecule has 0 rings (SSSR count). The van der Waals surface area contributed by atoms with E-state index in [0.29, 0.717) is 25.7 Å². The van der Waals surface area contributed by atoms with Crippen LogP contribution in [0.3, 0.4) is 0 Å². The Kier molecular flexibility index (Phi) is 42.2. The number of unbranched alkanes of at least 4 members (excludes halogenated alkanes) is 21. The predicted molar refractivity (Wildman–Crippen MR) is 262 cm³/mol. The first-order valence-electron chi connectivity index (χ1n) is 25.9. The minimum absolute atomic E-state index is 0.0662. The molecule has 0 aromatic carbocycles. The Labute approximate surface area is 387 Å².